The van der Waals surface area contributed by atoms with Crippen molar-refractivity contribution in [2.75, 3.05) is 7.11 Å². The van der Waals surface area contributed by atoms with Crippen LogP contribution in [0, 0.1) is 6.92 Å². The van der Waals surface area contributed by atoms with Gasteiger partial charge < -0.3 is 15.5 Å². The zero-order valence-electron chi connectivity index (χ0n) is 10.7. The zero-order chi connectivity index (χ0) is 12.4. The monoisotopic (exact) mass is 232 g/mol. The lowest BCUT2D eigenvalue weighted by Gasteiger charge is -2.15. The second-order valence-corrected chi connectivity index (χ2v) is 4.52. The van der Waals surface area contributed by atoms with Gasteiger partial charge in [0.1, 0.15) is 5.75 Å². The van der Waals surface area contributed by atoms with Crippen LogP contribution in [0.25, 0.3) is 10.9 Å². The van der Waals surface area contributed by atoms with E-state index in [2.05, 4.69) is 31.0 Å². The Kier molecular flexibility index (Phi) is 3.38. The van der Waals surface area contributed by atoms with E-state index in [1.165, 1.54) is 11.1 Å². The van der Waals surface area contributed by atoms with Gasteiger partial charge in [0.2, 0.25) is 0 Å². The van der Waals surface area contributed by atoms with Crippen molar-refractivity contribution in [3.05, 3.63) is 29.5 Å². The Morgan fingerprint density at radius 2 is 2.24 bits per heavy atom. The van der Waals surface area contributed by atoms with Crippen LogP contribution in [0.4, 0.5) is 0 Å². The summed E-state index contributed by atoms with van der Waals surface area (Å²) in [7, 11) is 1.72. The topological polar surface area (TPSA) is 51.0 Å². The molecule has 1 atom stereocenters. The molecule has 0 amide bonds. The zero-order valence-corrected chi connectivity index (χ0v) is 10.7. The minimum atomic E-state index is 0.194. The molecule has 2 aromatic rings. The first-order valence-corrected chi connectivity index (χ1v) is 6.06. The van der Waals surface area contributed by atoms with Crippen molar-refractivity contribution in [1.82, 2.24) is 4.98 Å². The van der Waals surface area contributed by atoms with Crippen LogP contribution in [0.2, 0.25) is 0 Å². The first-order chi connectivity index (χ1) is 8.17. The largest absolute Gasteiger partial charge is 0.496 e. The van der Waals surface area contributed by atoms with Gasteiger partial charge in [-0.25, -0.2) is 0 Å². The fourth-order valence-electron chi connectivity index (χ4n) is 2.28. The van der Waals surface area contributed by atoms with Crippen molar-refractivity contribution in [2.24, 2.45) is 5.73 Å². The van der Waals surface area contributed by atoms with E-state index in [-0.39, 0.29) is 6.04 Å². The van der Waals surface area contributed by atoms with Gasteiger partial charge in [-0.1, -0.05) is 13.0 Å². The Bertz CT molecular complexity index is 516. The Morgan fingerprint density at radius 3 is 2.88 bits per heavy atom. The normalized spacial score (nSPS) is 12.9. The molecule has 3 N–H and O–H groups in total. The number of nitrogens with one attached hydrogen (secondary N) is 1. The number of aryl methyl sites for hydroxylation is 1. The lowest BCUT2D eigenvalue weighted by atomic mass is 9.99. The summed E-state index contributed by atoms with van der Waals surface area (Å²) >= 11 is 0. The molecular weight excluding hydrogens is 212 g/mol. The molecule has 3 heteroatoms. The van der Waals surface area contributed by atoms with Gasteiger partial charge in [-0.2, -0.15) is 0 Å². The quantitative estimate of drug-likeness (QED) is 0.851. The van der Waals surface area contributed by atoms with E-state index >= 15 is 0 Å². The number of nitrogens with two attached hydrogens (primary N) is 1. The number of rotatable bonds is 4. The van der Waals surface area contributed by atoms with Gasteiger partial charge in [-0.15, -0.1) is 0 Å². The number of hydrogen-bond donors (Lipinski definition) is 2. The maximum absolute atomic E-state index is 6.03. The number of hydrogen-bond acceptors (Lipinski definition) is 2. The number of H-pyrrole nitrogens is 1. The summed E-state index contributed by atoms with van der Waals surface area (Å²) in [5, 5.41) is 1.14. The smallest absolute Gasteiger partial charge is 0.131 e. The summed E-state index contributed by atoms with van der Waals surface area (Å²) in [6.07, 6.45) is 3.79. The number of aromatic amines is 1. The second kappa shape index (κ2) is 4.80. The van der Waals surface area contributed by atoms with Crippen molar-refractivity contribution >= 4 is 10.9 Å². The van der Waals surface area contributed by atoms with Crippen LogP contribution < -0.4 is 10.5 Å². The number of fused-ring (bicyclic) bond motifs is 1. The van der Waals surface area contributed by atoms with E-state index in [9.17, 15) is 0 Å². The molecule has 92 valence electrons. The van der Waals surface area contributed by atoms with Crippen LogP contribution in [0.5, 0.6) is 5.75 Å². The Labute approximate surface area is 102 Å². The highest BCUT2D eigenvalue weighted by Crippen LogP contribution is 2.32. The molecule has 0 bridgehead atoms. The molecule has 1 aromatic carbocycles. The Morgan fingerprint density at radius 1 is 1.47 bits per heavy atom. The van der Waals surface area contributed by atoms with Crippen molar-refractivity contribution in [3.63, 3.8) is 0 Å². The molecule has 17 heavy (non-hydrogen) atoms. The van der Waals surface area contributed by atoms with E-state index in [0.29, 0.717) is 0 Å². The molecule has 0 saturated carbocycles. The Balaban J connectivity index is 2.53. The van der Waals surface area contributed by atoms with Gasteiger partial charge in [0, 0.05) is 17.6 Å². The summed E-state index contributed by atoms with van der Waals surface area (Å²) in [6.45, 7) is 4.22. The predicted octanol–water partition coefficient (Wildman–Crippen LogP) is 2.76. The average Bonchev–Trinajstić information content (AvgIpc) is 2.79. The third kappa shape index (κ3) is 2.15. The lowest BCUT2D eigenvalue weighted by Crippen LogP contribution is -2.21. The third-order valence-electron chi connectivity index (χ3n) is 3.28. The summed E-state index contributed by atoms with van der Waals surface area (Å²) in [4.78, 5) is 3.25. The van der Waals surface area contributed by atoms with Gasteiger partial charge >= 0.3 is 0 Å². The van der Waals surface area contributed by atoms with E-state index in [1.54, 1.807) is 7.11 Å². The standard InChI is InChI=1S/C14H20N2O/c1-4-11(15)8-10-7-9(2)13-12(5-6-16-13)14(10)17-3/h5-7,11,16H,4,8,15H2,1-3H3. The highest BCUT2D eigenvalue weighted by molar-refractivity contribution is 5.89. The fourth-order valence-corrected chi connectivity index (χ4v) is 2.28. The highest BCUT2D eigenvalue weighted by Gasteiger charge is 2.13. The molecule has 0 radical (unpaired) electrons. The van der Waals surface area contributed by atoms with Crippen molar-refractivity contribution < 1.29 is 4.74 Å². The van der Waals surface area contributed by atoms with E-state index < -0.39 is 0 Å². The molecule has 0 aliphatic carbocycles. The first-order valence-electron chi connectivity index (χ1n) is 6.06. The van der Waals surface area contributed by atoms with Crippen LogP contribution in [0.15, 0.2) is 18.3 Å². The third-order valence-corrected chi connectivity index (χ3v) is 3.28. The fraction of sp³-hybridized carbons (Fsp3) is 0.429. The van der Waals surface area contributed by atoms with Crippen molar-refractivity contribution in [3.8, 4) is 5.75 Å². The predicted molar refractivity (Wildman–Crippen MR) is 71.6 cm³/mol. The molecule has 1 aromatic heterocycles. The molecule has 1 heterocycles. The van der Waals surface area contributed by atoms with Gasteiger partial charge in [0.15, 0.2) is 0 Å². The molecule has 2 rings (SSSR count). The van der Waals surface area contributed by atoms with E-state index in [1.807, 2.05) is 6.20 Å². The van der Waals surface area contributed by atoms with Crippen molar-refractivity contribution in [2.45, 2.75) is 32.7 Å². The minimum absolute atomic E-state index is 0.194. The van der Waals surface area contributed by atoms with E-state index in [4.69, 9.17) is 10.5 Å². The SMILES string of the molecule is CCC(N)Cc1cc(C)c2[nH]ccc2c1OC. The van der Waals surface area contributed by atoms with Gasteiger partial charge in [-0.05, 0) is 37.0 Å². The van der Waals surface area contributed by atoms with Crippen LogP contribution in [0.1, 0.15) is 24.5 Å². The molecule has 0 aliphatic rings. The molecule has 0 fully saturated rings. The lowest BCUT2D eigenvalue weighted by molar-refractivity contribution is 0.412. The average molecular weight is 232 g/mol. The second-order valence-electron chi connectivity index (χ2n) is 4.52. The molecule has 0 aliphatic heterocycles. The van der Waals surface area contributed by atoms with Crippen LogP contribution in [-0.4, -0.2) is 18.1 Å². The molecule has 1 unspecified atom stereocenters. The summed E-state index contributed by atoms with van der Waals surface area (Å²) in [6, 6.07) is 4.43. The van der Waals surface area contributed by atoms with Crippen LogP contribution >= 0.6 is 0 Å². The first kappa shape index (κ1) is 12.0. The van der Waals surface area contributed by atoms with E-state index in [0.717, 1.165) is 29.5 Å². The van der Waals surface area contributed by atoms with Crippen molar-refractivity contribution in [1.29, 1.82) is 0 Å². The number of ether oxygens (including phenoxy) is 1. The van der Waals surface area contributed by atoms with Crippen LogP contribution in [-0.2, 0) is 6.42 Å². The molecule has 0 saturated heterocycles. The van der Waals surface area contributed by atoms with Gasteiger partial charge in [0.25, 0.3) is 0 Å². The highest BCUT2D eigenvalue weighted by atomic mass is 16.5. The molecular formula is C14H20N2O. The van der Waals surface area contributed by atoms with Gasteiger partial charge in [0.05, 0.1) is 12.6 Å². The number of aromatic nitrogens is 1. The van der Waals surface area contributed by atoms with Gasteiger partial charge in [-0.3, -0.25) is 0 Å². The number of methoxy groups -OCH3 is 1. The summed E-state index contributed by atoms with van der Waals surface area (Å²) in [5.41, 5.74) is 9.62. The summed E-state index contributed by atoms with van der Waals surface area (Å²) in [5.74, 6) is 0.954. The Hall–Kier alpha value is -1.48. The summed E-state index contributed by atoms with van der Waals surface area (Å²) < 4.78 is 5.54. The number of benzene rings is 1. The maximum atomic E-state index is 6.03. The molecule has 3 nitrogen and oxygen atoms in total. The molecule has 0 spiro atoms. The van der Waals surface area contributed by atoms with Crippen LogP contribution in [0.3, 0.4) is 0 Å². The maximum Gasteiger partial charge on any atom is 0.131 e. The minimum Gasteiger partial charge on any atom is -0.496 e.